The molecule has 3 rings (SSSR count). The number of hydrogen-bond acceptors (Lipinski definition) is 7. The van der Waals surface area contributed by atoms with E-state index in [4.69, 9.17) is 0 Å². The van der Waals surface area contributed by atoms with Gasteiger partial charge in [0.25, 0.3) is 0 Å². The topological polar surface area (TPSA) is 130 Å². The van der Waals surface area contributed by atoms with E-state index in [1.807, 2.05) is 0 Å². The van der Waals surface area contributed by atoms with Crippen molar-refractivity contribution in [1.82, 2.24) is 19.5 Å². The SMILES string of the molecule is O=[C-]Nc1cncc(C(=O)c2cn(C(CO)CO)c3ncncc23)c1.[Y]. The van der Waals surface area contributed by atoms with Crippen LogP contribution in [0.1, 0.15) is 22.0 Å². The number of ketones is 1. The number of nitrogens with one attached hydrogen (secondary N) is 1. The van der Waals surface area contributed by atoms with Gasteiger partial charge < -0.3 is 24.9 Å². The summed E-state index contributed by atoms with van der Waals surface area (Å²) in [6.07, 6.45) is 8.62. The van der Waals surface area contributed by atoms with Gasteiger partial charge in [0.15, 0.2) is 5.78 Å². The fourth-order valence-corrected chi connectivity index (χ4v) is 2.53. The number of nitrogens with zero attached hydrogens (tertiary/aromatic N) is 4. The summed E-state index contributed by atoms with van der Waals surface area (Å²) in [5.74, 6) is -0.352. The monoisotopic (exact) mass is 429 g/mol. The Balaban J connectivity index is 0.00000243. The first-order chi connectivity index (χ1) is 12.2. The molecule has 3 aromatic rings. The number of anilines is 1. The van der Waals surface area contributed by atoms with Gasteiger partial charge in [0.1, 0.15) is 12.0 Å². The van der Waals surface area contributed by atoms with Crippen LogP contribution >= 0.6 is 0 Å². The number of hydrogen-bond donors (Lipinski definition) is 3. The van der Waals surface area contributed by atoms with Crippen LogP contribution < -0.4 is 5.32 Å². The second kappa shape index (κ2) is 9.04. The van der Waals surface area contributed by atoms with Crippen molar-refractivity contribution >= 4 is 28.9 Å². The van der Waals surface area contributed by atoms with Crippen LogP contribution in [0.25, 0.3) is 11.0 Å². The number of rotatable bonds is 7. The van der Waals surface area contributed by atoms with Gasteiger partial charge in [-0.1, -0.05) is 5.69 Å². The molecule has 0 atom stereocenters. The van der Waals surface area contributed by atoms with Gasteiger partial charge in [0.2, 0.25) is 0 Å². The number of aromatic nitrogens is 4. The van der Waals surface area contributed by atoms with Gasteiger partial charge in [-0.25, -0.2) is 9.97 Å². The summed E-state index contributed by atoms with van der Waals surface area (Å²) in [6.45, 7) is -0.623. The fourth-order valence-electron chi connectivity index (χ4n) is 2.53. The molecule has 0 unspecified atom stereocenters. The number of aliphatic hydroxyl groups excluding tert-OH is 2. The minimum atomic E-state index is -0.630. The molecule has 0 fully saturated rings. The van der Waals surface area contributed by atoms with Crippen LogP contribution in [0.15, 0.2) is 37.2 Å². The van der Waals surface area contributed by atoms with Crippen molar-refractivity contribution in [3.8, 4) is 0 Å². The summed E-state index contributed by atoms with van der Waals surface area (Å²) < 4.78 is 1.54. The number of carbonyl (C=O) groups excluding carboxylic acids is 2. The molecule has 0 saturated carbocycles. The Morgan fingerprint density at radius 1 is 1.23 bits per heavy atom. The quantitative estimate of drug-likeness (QED) is 0.275. The maximum absolute atomic E-state index is 12.9. The number of fused-ring (bicyclic) bond motifs is 1. The molecule has 0 bridgehead atoms. The van der Waals surface area contributed by atoms with E-state index in [0.29, 0.717) is 22.3 Å². The molecule has 0 aromatic carbocycles. The maximum atomic E-state index is 12.9. The van der Waals surface area contributed by atoms with E-state index in [-0.39, 0.29) is 57.3 Å². The molecule has 9 nitrogen and oxygen atoms in total. The molecule has 0 aliphatic carbocycles. The first kappa shape index (κ1) is 20.2. The van der Waals surface area contributed by atoms with Crippen molar-refractivity contribution in [2.24, 2.45) is 0 Å². The van der Waals surface area contributed by atoms with Gasteiger partial charge in [-0.15, -0.1) is 6.07 Å². The zero-order valence-electron chi connectivity index (χ0n) is 13.5. The van der Waals surface area contributed by atoms with E-state index < -0.39 is 6.04 Å². The summed E-state index contributed by atoms with van der Waals surface area (Å²) in [5, 5.41) is 21.7. The second-order valence-electron chi connectivity index (χ2n) is 5.25. The van der Waals surface area contributed by atoms with Gasteiger partial charge in [-0.05, 0) is 6.20 Å². The Morgan fingerprint density at radius 3 is 2.69 bits per heavy atom. The molecule has 0 spiro atoms. The molecular weight excluding hydrogens is 415 g/mol. The summed E-state index contributed by atoms with van der Waals surface area (Å²) in [7, 11) is 0. The molecule has 131 valence electrons. The predicted molar refractivity (Wildman–Crippen MR) is 87.7 cm³/mol. The van der Waals surface area contributed by atoms with Gasteiger partial charge in [0, 0.05) is 62.2 Å². The van der Waals surface area contributed by atoms with Crippen molar-refractivity contribution < 1.29 is 52.5 Å². The number of pyridine rings is 1. The first-order valence-electron chi connectivity index (χ1n) is 7.34. The molecule has 0 saturated heterocycles. The summed E-state index contributed by atoms with van der Waals surface area (Å²) in [6, 6.07) is 0.845. The number of carbonyl (C=O) groups is 1. The fraction of sp³-hybridized carbons (Fsp3) is 0.188. The average Bonchev–Trinajstić information content (AvgIpc) is 3.02. The smallest absolute Gasteiger partial charge is 0.195 e. The van der Waals surface area contributed by atoms with Gasteiger partial charge >= 0.3 is 0 Å². The van der Waals surface area contributed by atoms with Crippen molar-refractivity contribution in [2.45, 2.75) is 6.04 Å². The van der Waals surface area contributed by atoms with Crippen LogP contribution in [0.3, 0.4) is 0 Å². The largest absolute Gasteiger partial charge is 0.489 e. The molecule has 3 heterocycles. The van der Waals surface area contributed by atoms with Gasteiger partial charge in [-0.3, -0.25) is 9.78 Å². The normalized spacial score (nSPS) is 10.6. The molecule has 1 radical (unpaired) electrons. The molecule has 10 heteroatoms. The van der Waals surface area contributed by atoms with Crippen molar-refractivity contribution in [3.63, 3.8) is 0 Å². The van der Waals surface area contributed by atoms with E-state index in [1.165, 1.54) is 43.6 Å². The van der Waals surface area contributed by atoms with E-state index in [0.717, 1.165) is 0 Å². The Kier molecular flexibility index (Phi) is 7.04. The Bertz CT molecular complexity index is 926. The van der Waals surface area contributed by atoms with Crippen LogP contribution in [-0.2, 0) is 37.5 Å². The van der Waals surface area contributed by atoms with E-state index in [9.17, 15) is 19.8 Å². The van der Waals surface area contributed by atoms with Crippen molar-refractivity contribution in [3.05, 3.63) is 48.3 Å². The molecule has 3 aromatic heterocycles. The van der Waals surface area contributed by atoms with Crippen LogP contribution in [0, 0.1) is 0 Å². The van der Waals surface area contributed by atoms with Gasteiger partial charge in [-0.2, -0.15) is 0 Å². The average molecular weight is 429 g/mol. The third-order valence-corrected chi connectivity index (χ3v) is 3.75. The molecule has 0 aliphatic rings. The molecule has 3 N–H and O–H groups in total. The van der Waals surface area contributed by atoms with Crippen LogP contribution in [-0.4, -0.2) is 55.1 Å². The zero-order chi connectivity index (χ0) is 17.8. The minimum Gasteiger partial charge on any atom is -0.489 e. The van der Waals surface area contributed by atoms with Crippen molar-refractivity contribution in [2.75, 3.05) is 18.5 Å². The number of amides is 1. The Labute approximate surface area is 173 Å². The first-order valence-corrected chi connectivity index (χ1v) is 7.34. The second-order valence-corrected chi connectivity index (χ2v) is 5.25. The van der Waals surface area contributed by atoms with E-state index in [2.05, 4.69) is 20.3 Å². The maximum Gasteiger partial charge on any atom is 0.195 e. The number of aliphatic hydroxyl groups is 2. The third kappa shape index (κ3) is 3.86. The minimum absolute atomic E-state index is 0. The Hall–Kier alpha value is -2.07. The van der Waals surface area contributed by atoms with Crippen LogP contribution in [0.4, 0.5) is 5.69 Å². The summed E-state index contributed by atoms with van der Waals surface area (Å²) in [5.41, 5.74) is 1.32. The van der Waals surface area contributed by atoms with Gasteiger partial charge in [0.05, 0.1) is 31.2 Å². The zero-order valence-corrected chi connectivity index (χ0v) is 16.4. The predicted octanol–water partition coefficient (Wildman–Crippen LogP) is 0.0596. The molecule has 1 amide bonds. The molecule has 0 aliphatic heterocycles. The standard InChI is InChI=1S/C16H14N5O4.Y/c22-6-12(7-23)21-5-14(13-4-18-8-19-16(13)21)15(25)10-1-11(20-9-24)3-17-2-10;/h1-5,8,12,22-23H,6-7H2,(H,20,24);/q-1;. The van der Waals surface area contributed by atoms with Crippen LogP contribution in [0.5, 0.6) is 0 Å². The molecule has 26 heavy (non-hydrogen) atoms. The van der Waals surface area contributed by atoms with E-state index >= 15 is 0 Å². The summed E-state index contributed by atoms with van der Waals surface area (Å²) >= 11 is 0. The van der Waals surface area contributed by atoms with Crippen LogP contribution in [0.2, 0.25) is 0 Å². The van der Waals surface area contributed by atoms with E-state index in [1.54, 1.807) is 4.57 Å². The van der Waals surface area contributed by atoms with Crippen molar-refractivity contribution in [1.29, 1.82) is 0 Å². The molecular formula is C16H14N5O4Y-. The third-order valence-electron chi connectivity index (χ3n) is 3.75. The summed E-state index contributed by atoms with van der Waals surface area (Å²) in [4.78, 5) is 35.3. The Morgan fingerprint density at radius 2 is 2.00 bits per heavy atom.